The molecule has 4 nitrogen and oxygen atoms in total. The van der Waals surface area contributed by atoms with Crippen LogP contribution in [0.2, 0.25) is 5.02 Å². The van der Waals surface area contributed by atoms with Gasteiger partial charge >= 0.3 is 12.4 Å². The van der Waals surface area contributed by atoms with Crippen LogP contribution in [0.1, 0.15) is 27.9 Å². The smallest absolute Gasteiger partial charge is 0.196 e. The lowest BCUT2D eigenvalue weighted by Crippen LogP contribution is -2.11. The number of rotatable bonds is 3. The summed E-state index contributed by atoms with van der Waals surface area (Å²) >= 11 is 6.04. The number of hydrogen-bond acceptors (Lipinski definition) is 3. The second-order valence-corrected chi connectivity index (χ2v) is 6.51. The van der Waals surface area contributed by atoms with E-state index in [0.29, 0.717) is 23.3 Å². The first kappa shape index (κ1) is 21.4. The summed E-state index contributed by atoms with van der Waals surface area (Å²) in [4.78, 5) is 0. The van der Waals surface area contributed by atoms with Crippen molar-refractivity contribution < 1.29 is 26.3 Å². The van der Waals surface area contributed by atoms with Gasteiger partial charge < -0.3 is 0 Å². The van der Waals surface area contributed by atoms with Gasteiger partial charge in [0.2, 0.25) is 0 Å². The molecule has 3 rings (SSSR count). The molecule has 0 spiro atoms. The van der Waals surface area contributed by atoms with Gasteiger partial charge in [0.25, 0.3) is 0 Å². The lowest BCUT2D eigenvalue weighted by atomic mass is 10.0. The molecular weight excluding hydrogens is 434 g/mol. The number of aromatic nitrogens is 3. The third kappa shape index (κ3) is 4.80. The van der Waals surface area contributed by atoms with E-state index < -0.39 is 23.5 Å². The van der Waals surface area contributed by atoms with E-state index in [1.54, 1.807) is 0 Å². The van der Waals surface area contributed by atoms with Crippen molar-refractivity contribution in [2.75, 3.05) is 0 Å². The number of alkyl halides is 6. The highest BCUT2D eigenvalue weighted by Gasteiger charge is 2.36. The predicted molar refractivity (Wildman–Crippen MR) is 96.9 cm³/mol. The van der Waals surface area contributed by atoms with Gasteiger partial charge in [-0.1, -0.05) is 23.8 Å². The minimum absolute atomic E-state index is 0.0000985. The normalized spacial score (nSPS) is 12.3. The van der Waals surface area contributed by atoms with Crippen LogP contribution in [0.4, 0.5) is 26.3 Å². The van der Waals surface area contributed by atoms with E-state index in [0.717, 1.165) is 6.08 Å². The number of halogens is 7. The third-order valence-electron chi connectivity index (χ3n) is 3.93. The summed E-state index contributed by atoms with van der Waals surface area (Å²) in [5, 5.41) is 19.1. The first-order valence-corrected chi connectivity index (χ1v) is 8.44. The lowest BCUT2D eigenvalue weighted by molar-refractivity contribution is -0.143. The molecule has 0 unspecified atom stereocenters. The van der Waals surface area contributed by atoms with Crippen molar-refractivity contribution in [3.05, 3.63) is 69.4 Å². The maximum Gasteiger partial charge on any atom is 0.416 e. The Balaban J connectivity index is 2.03. The molecule has 0 saturated carbocycles. The van der Waals surface area contributed by atoms with Crippen LogP contribution in [0, 0.1) is 11.3 Å². The highest BCUT2D eigenvalue weighted by Crippen LogP contribution is 2.36. The Morgan fingerprint density at radius 3 is 1.93 bits per heavy atom. The molecule has 0 aliphatic rings. The molecule has 1 N–H and O–H groups in total. The highest BCUT2D eigenvalue weighted by atomic mass is 35.5. The third-order valence-corrected chi connectivity index (χ3v) is 4.14. The summed E-state index contributed by atoms with van der Waals surface area (Å²) in [6.45, 7) is 0. The summed E-state index contributed by atoms with van der Waals surface area (Å²) in [5.41, 5.74) is -2.15. The number of hydrogen-bond donors (Lipinski definition) is 1. The Morgan fingerprint density at radius 1 is 0.833 bits per heavy atom. The Bertz CT molecular complexity index is 1120. The molecule has 1 heterocycles. The summed E-state index contributed by atoms with van der Waals surface area (Å²) in [7, 11) is 0. The van der Waals surface area contributed by atoms with Crippen molar-refractivity contribution in [1.29, 1.82) is 5.26 Å². The minimum atomic E-state index is -4.94. The van der Waals surface area contributed by atoms with Gasteiger partial charge in [-0.15, -0.1) is 5.10 Å². The second-order valence-electron chi connectivity index (χ2n) is 6.08. The summed E-state index contributed by atoms with van der Waals surface area (Å²) in [6.07, 6.45) is -7.47. The molecule has 0 fully saturated rings. The van der Waals surface area contributed by atoms with Gasteiger partial charge in [-0.2, -0.15) is 41.9 Å². The number of benzene rings is 2. The molecule has 0 bridgehead atoms. The zero-order valence-corrected chi connectivity index (χ0v) is 15.4. The fraction of sp³-hybridized carbons (Fsp3) is 0.105. The van der Waals surface area contributed by atoms with Gasteiger partial charge in [-0.3, -0.25) is 0 Å². The molecule has 3 aromatic rings. The first-order chi connectivity index (χ1) is 14.0. The molecule has 0 atom stereocenters. The summed E-state index contributed by atoms with van der Waals surface area (Å²) < 4.78 is 77.9. The monoisotopic (exact) mass is 442 g/mol. The van der Waals surface area contributed by atoms with E-state index in [-0.39, 0.29) is 28.0 Å². The van der Waals surface area contributed by atoms with Crippen molar-refractivity contribution >= 4 is 23.8 Å². The predicted octanol–water partition coefficient (Wildman–Crippen LogP) is 6.20. The van der Waals surface area contributed by atoms with E-state index in [1.165, 1.54) is 24.3 Å². The van der Waals surface area contributed by atoms with Crippen LogP contribution in [0.25, 0.3) is 23.4 Å². The lowest BCUT2D eigenvalue weighted by Gasteiger charge is -2.13. The molecule has 154 valence electrons. The first-order valence-electron chi connectivity index (χ1n) is 8.07. The SMILES string of the molecule is N#Cc1n[nH]nc1-c1cc(Cl)cc(C=Cc2cc(C(F)(F)F)cc(C(F)(F)F)c2)c1. The van der Waals surface area contributed by atoms with Crippen molar-refractivity contribution in [1.82, 2.24) is 15.4 Å². The molecular formula is C19H9ClF6N4. The van der Waals surface area contributed by atoms with Crippen molar-refractivity contribution in [2.45, 2.75) is 12.4 Å². The fourth-order valence-electron chi connectivity index (χ4n) is 2.62. The van der Waals surface area contributed by atoms with Crippen molar-refractivity contribution in [3.8, 4) is 17.3 Å². The van der Waals surface area contributed by atoms with E-state index in [9.17, 15) is 26.3 Å². The molecule has 0 aliphatic heterocycles. The van der Waals surface area contributed by atoms with Gasteiger partial charge in [0.05, 0.1) is 11.1 Å². The Kier molecular flexibility index (Phi) is 5.59. The van der Waals surface area contributed by atoms with E-state index in [1.807, 2.05) is 6.07 Å². The number of nitrogens with zero attached hydrogens (tertiary/aromatic N) is 3. The molecule has 0 amide bonds. The largest absolute Gasteiger partial charge is 0.416 e. The Hall–Kier alpha value is -3.32. The molecule has 1 aromatic heterocycles. The van der Waals surface area contributed by atoms with E-state index in [4.69, 9.17) is 16.9 Å². The summed E-state index contributed by atoms with van der Waals surface area (Å²) in [5.74, 6) is 0. The standard InChI is InChI=1S/C19H9ClF6N4/c20-15-6-10(3-12(7-15)17-16(9-27)28-30-29-17)1-2-11-4-13(18(21,22)23)8-14(5-11)19(24,25)26/h1-8H,(H,28,29,30). The van der Waals surface area contributed by atoms with Crippen LogP contribution in [0.5, 0.6) is 0 Å². The Morgan fingerprint density at radius 2 is 1.40 bits per heavy atom. The van der Waals surface area contributed by atoms with Crippen LogP contribution in [-0.4, -0.2) is 15.4 Å². The van der Waals surface area contributed by atoms with Crippen LogP contribution in [0.3, 0.4) is 0 Å². The average Bonchev–Trinajstić information content (AvgIpc) is 3.13. The molecule has 0 radical (unpaired) electrons. The zero-order chi connectivity index (χ0) is 22.1. The molecule has 11 heteroatoms. The van der Waals surface area contributed by atoms with Crippen LogP contribution in [0.15, 0.2) is 36.4 Å². The molecule has 30 heavy (non-hydrogen) atoms. The van der Waals surface area contributed by atoms with Gasteiger partial charge in [-0.05, 0) is 47.5 Å². The van der Waals surface area contributed by atoms with Gasteiger partial charge in [-0.25, -0.2) is 0 Å². The van der Waals surface area contributed by atoms with Gasteiger partial charge in [0.1, 0.15) is 11.8 Å². The van der Waals surface area contributed by atoms with Crippen LogP contribution >= 0.6 is 11.6 Å². The number of nitrogens with one attached hydrogen (secondary N) is 1. The number of aromatic amines is 1. The number of H-pyrrole nitrogens is 1. The topological polar surface area (TPSA) is 65.4 Å². The van der Waals surface area contributed by atoms with Crippen molar-refractivity contribution in [3.63, 3.8) is 0 Å². The zero-order valence-electron chi connectivity index (χ0n) is 14.6. The van der Waals surface area contributed by atoms with Gasteiger partial charge in [0.15, 0.2) is 5.69 Å². The molecule has 2 aromatic carbocycles. The van der Waals surface area contributed by atoms with Crippen molar-refractivity contribution in [2.24, 2.45) is 0 Å². The molecule has 0 saturated heterocycles. The average molecular weight is 443 g/mol. The second kappa shape index (κ2) is 7.84. The van der Waals surface area contributed by atoms with E-state index >= 15 is 0 Å². The van der Waals surface area contributed by atoms with Crippen LogP contribution in [-0.2, 0) is 12.4 Å². The Labute approximate surface area is 170 Å². The molecule has 0 aliphatic carbocycles. The summed E-state index contributed by atoms with van der Waals surface area (Å²) in [6, 6.07) is 7.57. The maximum atomic E-state index is 13.0. The van der Waals surface area contributed by atoms with Crippen LogP contribution < -0.4 is 0 Å². The fourth-order valence-corrected chi connectivity index (χ4v) is 2.87. The quantitative estimate of drug-likeness (QED) is 0.387. The maximum absolute atomic E-state index is 13.0. The minimum Gasteiger partial charge on any atom is -0.196 e. The number of nitriles is 1. The van der Waals surface area contributed by atoms with E-state index in [2.05, 4.69) is 15.4 Å². The van der Waals surface area contributed by atoms with Gasteiger partial charge in [0, 0.05) is 10.6 Å². The highest BCUT2D eigenvalue weighted by molar-refractivity contribution is 6.31.